The topological polar surface area (TPSA) is 272 Å². The third-order valence-electron chi connectivity index (χ3n) is 6.46. The zero-order valence-corrected chi connectivity index (χ0v) is 29.6. The molecular formula is C29H55N7O11S. The number of hydrogen-bond acceptors (Lipinski definition) is 13. The molecule has 3 atom stereocenters. The lowest BCUT2D eigenvalue weighted by atomic mass is 10.0. The Hall–Kier alpha value is -3.39. The van der Waals surface area contributed by atoms with Crippen molar-refractivity contribution in [3.8, 4) is 0 Å². The molecule has 0 aliphatic carbocycles. The largest absolute Gasteiger partial charge is 0.449 e. The lowest BCUT2D eigenvalue weighted by Crippen LogP contribution is -2.53. The van der Waals surface area contributed by atoms with E-state index >= 15 is 0 Å². The standard InChI is InChI=1S/C29H55N7O11S/c1-28(2,10-7-23(39)35-15-22(31)38)46-18-29(3,4)45-14-11-34-25(41)21(8-12-37)36-24(40)20(30)17-48-16-19(47-27(43)33-6)9-13-44-26(42)32-5/h19-21,37H,7-18,30H2,1-6H3,(H2,31,38)(H,32,42)(H,33,43)(H,34,41)(H,35,39)(H,36,40)/t19-,20+,21+/m1/s1. The number of rotatable bonds is 25. The van der Waals surface area contributed by atoms with Gasteiger partial charge in [0.1, 0.15) is 12.1 Å². The number of primary amides is 1. The molecule has 18 nitrogen and oxygen atoms in total. The van der Waals surface area contributed by atoms with Crippen LogP contribution in [0.1, 0.15) is 53.4 Å². The molecule has 0 saturated heterocycles. The number of nitrogens with one attached hydrogen (secondary N) is 5. The van der Waals surface area contributed by atoms with E-state index in [1.54, 1.807) is 0 Å². The molecular weight excluding hydrogens is 654 g/mol. The van der Waals surface area contributed by atoms with E-state index in [4.69, 9.17) is 30.4 Å². The summed E-state index contributed by atoms with van der Waals surface area (Å²) in [4.78, 5) is 71.1. The number of thioether (sulfide) groups is 1. The number of carbonyl (C=O) groups excluding carboxylic acids is 6. The highest BCUT2D eigenvalue weighted by Crippen LogP contribution is 2.20. The van der Waals surface area contributed by atoms with Crippen LogP contribution in [0.15, 0.2) is 0 Å². The van der Waals surface area contributed by atoms with E-state index in [0.29, 0.717) is 6.42 Å². The van der Waals surface area contributed by atoms with E-state index in [9.17, 15) is 33.9 Å². The lowest BCUT2D eigenvalue weighted by molar-refractivity contribution is -0.133. The highest BCUT2D eigenvalue weighted by atomic mass is 32.2. The van der Waals surface area contributed by atoms with Gasteiger partial charge in [-0.1, -0.05) is 0 Å². The lowest BCUT2D eigenvalue weighted by Gasteiger charge is -2.32. The van der Waals surface area contributed by atoms with Gasteiger partial charge in [0.25, 0.3) is 0 Å². The first kappa shape index (κ1) is 44.6. The van der Waals surface area contributed by atoms with Crippen LogP contribution in [0.4, 0.5) is 9.59 Å². The third-order valence-corrected chi connectivity index (χ3v) is 7.66. The predicted octanol–water partition coefficient (Wildman–Crippen LogP) is -1.53. The summed E-state index contributed by atoms with van der Waals surface area (Å²) in [5, 5.41) is 21.8. The maximum atomic E-state index is 12.8. The number of amides is 6. The number of nitrogens with two attached hydrogens (primary N) is 2. The SMILES string of the molecule is CNC(=O)OCC[C@H](CSC[C@H](N)C(=O)N[C@@H](CCO)C(=O)NCCOC(C)(C)COC(C)(C)CCC(=O)NCC(N)=O)OC(=O)NC. The quantitative estimate of drug-likeness (QED) is 0.0501. The molecule has 0 aliphatic rings. The highest BCUT2D eigenvalue weighted by molar-refractivity contribution is 7.99. The van der Waals surface area contributed by atoms with Crippen LogP contribution in [0.25, 0.3) is 0 Å². The van der Waals surface area contributed by atoms with Crippen molar-refractivity contribution in [1.29, 1.82) is 0 Å². The van der Waals surface area contributed by atoms with Gasteiger partial charge in [-0.05, 0) is 40.5 Å². The molecule has 0 aliphatic heterocycles. The Morgan fingerprint density at radius 2 is 1.52 bits per heavy atom. The van der Waals surface area contributed by atoms with Gasteiger partial charge in [-0.25, -0.2) is 9.59 Å². The molecule has 6 amide bonds. The molecule has 0 aromatic carbocycles. The number of aliphatic hydroxyl groups is 1. The van der Waals surface area contributed by atoms with Crippen molar-refractivity contribution in [2.75, 3.05) is 65.1 Å². The molecule has 10 N–H and O–H groups in total. The molecule has 0 bridgehead atoms. The summed E-state index contributed by atoms with van der Waals surface area (Å²) < 4.78 is 22.0. The number of hydrogen-bond donors (Lipinski definition) is 8. The average molecular weight is 710 g/mol. The predicted molar refractivity (Wildman–Crippen MR) is 178 cm³/mol. The zero-order valence-electron chi connectivity index (χ0n) is 28.8. The Morgan fingerprint density at radius 1 is 0.854 bits per heavy atom. The fraction of sp³-hybridized carbons (Fsp3) is 0.793. The van der Waals surface area contributed by atoms with Gasteiger partial charge in [0.2, 0.25) is 23.6 Å². The molecule has 0 fully saturated rings. The van der Waals surface area contributed by atoms with Crippen LogP contribution >= 0.6 is 11.8 Å². The Balaban J connectivity index is 4.69. The third kappa shape index (κ3) is 22.2. The van der Waals surface area contributed by atoms with Crippen molar-refractivity contribution in [1.82, 2.24) is 26.6 Å². The van der Waals surface area contributed by atoms with Crippen LogP contribution in [0.5, 0.6) is 0 Å². The van der Waals surface area contributed by atoms with Gasteiger partial charge in [-0.15, -0.1) is 0 Å². The van der Waals surface area contributed by atoms with E-state index in [0.717, 1.165) is 0 Å². The molecule has 0 unspecified atom stereocenters. The van der Waals surface area contributed by atoms with Gasteiger partial charge in [-0.3, -0.25) is 19.2 Å². The summed E-state index contributed by atoms with van der Waals surface area (Å²) in [5.41, 5.74) is 9.66. The summed E-state index contributed by atoms with van der Waals surface area (Å²) in [6.07, 6.45) is -1.18. The minimum Gasteiger partial charge on any atom is -0.449 e. The molecule has 0 rings (SSSR count). The number of alkyl carbamates (subject to hydrolysis) is 2. The normalized spacial score (nSPS) is 13.3. The second-order valence-electron chi connectivity index (χ2n) is 11.9. The van der Waals surface area contributed by atoms with E-state index in [1.165, 1.54) is 25.9 Å². The molecule has 0 radical (unpaired) electrons. The number of ether oxygens (including phenoxy) is 4. The fourth-order valence-corrected chi connectivity index (χ4v) is 4.66. The monoisotopic (exact) mass is 709 g/mol. The van der Waals surface area contributed by atoms with Gasteiger partial charge in [-0.2, -0.15) is 11.8 Å². The molecule has 48 heavy (non-hydrogen) atoms. The van der Waals surface area contributed by atoms with Crippen molar-refractivity contribution >= 4 is 47.6 Å². The van der Waals surface area contributed by atoms with Crippen molar-refractivity contribution in [3.05, 3.63) is 0 Å². The maximum absolute atomic E-state index is 12.8. The van der Waals surface area contributed by atoms with Crippen LogP contribution in [-0.4, -0.2) is 135 Å². The van der Waals surface area contributed by atoms with Crippen LogP contribution in [0.2, 0.25) is 0 Å². The first-order valence-corrected chi connectivity index (χ1v) is 16.7. The van der Waals surface area contributed by atoms with E-state index < -0.39 is 59.3 Å². The zero-order chi connectivity index (χ0) is 36.8. The summed E-state index contributed by atoms with van der Waals surface area (Å²) in [7, 11) is 2.82. The molecule has 0 aromatic heterocycles. The van der Waals surface area contributed by atoms with Gasteiger partial charge >= 0.3 is 12.2 Å². The second kappa shape index (κ2) is 23.9. The molecule has 0 heterocycles. The Kier molecular flexibility index (Phi) is 22.2. The van der Waals surface area contributed by atoms with Gasteiger partial charge < -0.3 is 62.1 Å². The summed E-state index contributed by atoms with van der Waals surface area (Å²) in [6.45, 7) is 7.13. The highest BCUT2D eigenvalue weighted by Gasteiger charge is 2.27. The summed E-state index contributed by atoms with van der Waals surface area (Å²) in [6, 6.07) is -2.05. The first-order valence-electron chi connectivity index (χ1n) is 15.5. The first-order chi connectivity index (χ1) is 22.4. The minimum atomic E-state index is -1.04. The van der Waals surface area contributed by atoms with Crippen LogP contribution in [-0.2, 0) is 38.1 Å². The van der Waals surface area contributed by atoms with E-state index in [1.807, 2.05) is 27.7 Å². The fourth-order valence-electron chi connectivity index (χ4n) is 3.62. The molecule has 278 valence electrons. The summed E-state index contributed by atoms with van der Waals surface area (Å²) >= 11 is 1.24. The van der Waals surface area contributed by atoms with Crippen molar-refractivity contribution in [3.63, 3.8) is 0 Å². The van der Waals surface area contributed by atoms with E-state index in [2.05, 4.69) is 26.6 Å². The van der Waals surface area contributed by atoms with Crippen molar-refractivity contribution in [2.45, 2.75) is 82.8 Å². The Morgan fingerprint density at radius 3 is 2.12 bits per heavy atom. The second-order valence-corrected chi connectivity index (χ2v) is 12.9. The van der Waals surface area contributed by atoms with Crippen LogP contribution < -0.4 is 38.1 Å². The van der Waals surface area contributed by atoms with Crippen LogP contribution in [0, 0.1) is 0 Å². The van der Waals surface area contributed by atoms with Crippen molar-refractivity contribution in [2.24, 2.45) is 11.5 Å². The van der Waals surface area contributed by atoms with Gasteiger partial charge in [0.05, 0.1) is 43.6 Å². The van der Waals surface area contributed by atoms with Gasteiger partial charge in [0.15, 0.2) is 0 Å². The smallest absolute Gasteiger partial charge is 0.407 e. The molecule has 0 aromatic rings. The Labute approximate surface area is 286 Å². The molecule has 0 saturated carbocycles. The van der Waals surface area contributed by atoms with Crippen molar-refractivity contribution < 1.29 is 52.8 Å². The number of aliphatic hydroxyl groups excluding tert-OH is 1. The van der Waals surface area contributed by atoms with E-state index in [-0.39, 0.29) is 76.2 Å². The minimum absolute atomic E-state index is 0.00392. The Bertz CT molecular complexity index is 1030. The molecule has 0 spiro atoms. The maximum Gasteiger partial charge on any atom is 0.407 e. The van der Waals surface area contributed by atoms with Gasteiger partial charge in [0, 0.05) is 51.6 Å². The summed E-state index contributed by atoms with van der Waals surface area (Å²) in [5.74, 6) is -1.67. The molecule has 19 heteroatoms. The average Bonchev–Trinajstić information content (AvgIpc) is 3.03. The van der Waals surface area contributed by atoms with Crippen LogP contribution in [0.3, 0.4) is 0 Å². The number of carbonyl (C=O) groups is 6.